The first-order chi connectivity index (χ1) is 4.38. The highest BCUT2D eigenvalue weighted by Gasteiger charge is 2.25. The molecule has 2 atom stereocenters. The van der Waals surface area contributed by atoms with Crippen molar-refractivity contribution in [3.05, 3.63) is 0 Å². The van der Waals surface area contributed by atoms with Crippen molar-refractivity contribution in [1.82, 2.24) is 5.32 Å². The Hall–Kier alpha value is -0.120. The molecule has 0 spiro atoms. The lowest BCUT2D eigenvalue weighted by molar-refractivity contribution is -0.00461. The third kappa shape index (κ3) is 1.41. The minimum absolute atomic E-state index is 0.245. The lowest BCUT2D eigenvalue weighted by Gasteiger charge is -2.14. The molecule has 0 bridgehead atoms. The predicted octanol–water partition coefficient (Wildman–Crippen LogP) is -0.380. The highest BCUT2D eigenvalue weighted by molar-refractivity contribution is 4.81. The molecule has 3 nitrogen and oxygen atoms in total. The molecule has 0 aromatic carbocycles. The minimum atomic E-state index is 0.245. The van der Waals surface area contributed by atoms with Crippen LogP contribution in [0, 0.1) is 0 Å². The van der Waals surface area contributed by atoms with Crippen molar-refractivity contribution in [3.8, 4) is 0 Å². The van der Waals surface area contributed by atoms with Crippen molar-refractivity contribution >= 4 is 0 Å². The minimum Gasteiger partial charge on any atom is -0.377 e. The smallest absolute Gasteiger partial charge is 0.0969 e. The predicted molar refractivity (Wildman–Crippen MR) is 34.5 cm³/mol. The van der Waals surface area contributed by atoms with Crippen LogP contribution < -0.4 is 5.32 Å². The Morgan fingerprint density at radius 3 is 1.89 bits per heavy atom. The van der Waals surface area contributed by atoms with Crippen molar-refractivity contribution in [3.63, 3.8) is 0 Å². The van der Waals surface area contributed by atoms with Gasteiger partial charge in [-0.15, -0.1) is 0 Å². The van der Waals surface area contributed by atoms with Crippen LogP contribution in [0.3, 0.4) is 0 Å². The largest absolute Gasteiger partial charge is 0.377 e. The lowest BCUT2D eigenvalue weighted by Crippen LogP contribution is -2.27. The van der Waals surface area contributed by atoms with Gasteiger partial charge in [0.15, 0.2) is 0 Å². The Bertz CT molecular complexity index is 77.1. The van der Waals surface area contributed by atoms with Crippen LogP contribution in [-0.2, 0) is 9.47 Å². The summed E-state index contributed by atoms with van der Waals surface area (Å²) in [7, 11) is 3.42. The number of ether oxygens (including phenoxy) is 2. The molecule has 0 aromatic rings. The van der Waals surface area contributed by atoms with Crippen molar-refractivity contribution in [2.24, 2.45) is 0 Å². The number of rotatable bonds is 2. The van der Waals surface area contributed by atoms with E-state index in [1.165, 1.54) is 0 Å². The van der Waals surface area contributed by atoms with Crippen molar-refractivity contribution < 1.29 is 9.47 Å². The maximum absolute atomic E-state index is 5.13. The van der Waals surface area contributed by atoms with E-state index in [2.05, 4.69) is 5.32 Å². The zero-order chi connectivity index (χ0) is 6.69. The van der Waals surface area contributed by atoms with E-state index in [9.17, 15) is 0 Å². The first-order valence-electron chi connectivity index (χ1n) is 3.14. The SMILES string of the molecule is COC1CNC[C@@H]1OC. The molecule has 9 heavy (non-hydrogen) atoms. The van der Waals surface area contributed by atoms with Crippen LogP contribution in [0.15, 0.2) is 0 Å². The third-order valence-electron chi connectivity index (χ3n) is 1.71. The van der Waals surface area contributed by atoms with Gasteiger partial charge in [-0.25, -0.2) is 0 Å². The van der Waals surface area contributed by atoms with Crippen molar-refractivity contribution in [2.75, 3.05) is 27.3 Å². The standard InChI is InChI=1S/C6H13NO2/c1-8-5-3-7-4-6(5)9-2/h5-7H,3-4H2,1-2H3/t5-,6?/m0/s1. The van der Waals surface area contributed by atoms with Gasteiger partial charge in [0.2, 0.25) is 0 Å². The molecular weight excluding hydrogens is 118 g/mol. The summed E-state index contributed by atoms with van der Waals surface area (Å²) in [5.74, 6) is 0. The van der Waals surface area contributed by atoms with E-state index in [0.29, 0.717) is 0 Å². The fourth-order valence-electron chi connectivity index (χ4n) is 1.10. The highest BCUT2D eigenvalue weighted by Crippen LogP contribution is 2.05. The van der Waals surface area contributed by atoms with Gasteiger partial charge in [-0.1, -0.05) is 0 Å². The van der Waals surface area contributed by atoms with E-state index in [1.807, 2.05) is 0 Å². The average molecular weight is 131 g/mol. The first-order valence-corrected chi connectivity index (χ1v) is 3.14. The molecule has 54 valence electrons. The summed E-state index contributed by atoms with van der Waals surface area (Å²) < 4.78 is 10.3. The summed E-state index contributed by atoms with van der Waals surface area (Å²) in [6.45, 7) is 1.82. The maximum Gasteiger partial charge on any atom is 0.0969 e. The van der Waals surface area contributed by atoms with E-state index in [1.54, 1.807) is 14.2 Å². The van der Waals surface area contributed by atoms with E-state index in [4.69, 9.17) is 9.47 Å². The summed E-state index contributed by atoms with van der Waals surface area (Å²) in [5.41, 5.74) is 0. The summed E-state index contributed by atoms with van der Waals surface area (Å²) in [6.07, 6.45) is 0.491. The van der Waals surface area contributed by atoms with Gasteiger partial charge in [-0.2, -0.15) is 0 Å². The van der Waals surface area contributed by atoms with E-state index in [-0.39, 0.29) is 12.2 Å². The lowest BCUT2D eigenvalue weighted by atomic mass is 10.3. The van der Waals surface area contributed by atoms with Gasteiger partial charge in [0.05, 0.1) is 12.2 Å². The van der Waals surface area contributed by atoms with Crippen LogP contribution in [0.2, 0.25) is 0 Å². The maximum atomic E-state index is 5.13. The molecule has 1 aliphatic heterocycles. The second-order valence-corrected chi connectivity index (χ2v) is 2.21. The summed E-state index contributed by atoms with van der Waals surface area (Å²) >= 11 is 0. The van der Waals surface area contributed by atoms with Crippen molar-refractivity contribution in [1.29, 1.82) is 0 Å². The van der Waals surface area contributed by atoms with Crippen LogP contribution in [-0.4, -0.2) is 39.5 Å². The van der Waals surface area contributed by atoms with Gasteiger partial charge < -0.3 is 14.8 Å². The molecule has 1 aliphatic rings. The van der Waals surface area contributed by atoms with E-state index in [0.717, 1.165) is 13.1 Å². The Kier molecular flexibility index (Phi) is 2.45. The van der Waals surface area contributed by atoms with Crippen LogP contribution >= 0.6 is 0 Å². The Balaban J connectivity index is 2.32. The molecule has 3 heteroatoms. The molecule has 0 aliphatic carbocycles. The Morgan fingerprint density at radius 1 is 1.11 bits per heavy atom. The summed E-state index contributed by atoms with van der Waals surface area (Å²) in [6, 6.07) is 0. The second kappa shape index (κ2) is 3.15. The summed E-state index contributed by atoms with van der Waals surface area (Å²) in [4.78, 5) is 0. The molecule has 0 saturated carbocycles. The number of nitrogens with one attached hydrogen (secondary N) is 1. The number of methoxy groups -OCH3 is 2. The molecule has 1 unspecified atom stereocenters. The normalized spacial score (nSPS) is 35.3. The van der Waals surface area contributed by atoms with Gasteiger partial charge in [-0.3, -0.25) is 0 Å². The van der Waals surface area contributed by atoms with Crippen LogP contribution in [0.1, 0.15) is 0 Å². The van der Waals surface area contributed by atoms with E-state index < -0.39 is 0 Å². The second-order valence-electron chi connectivity index (χ2n) is 2.21. The molecule has 1 fully saturated rings. The molecule has 1 heterocycles. The summed E-state index contributed by atoms with van der Waals surface area (Å²) in [5, 5.41) is 3.17. The quantitative estimate of drug-likeness (QED) is 0.554. The van der Waals surface area contributed by atoms with Gasteiger partial charge >= 0.3 is 0 Å². The molecule has 0 radical (unpaired) electrons. The van der Waals surface area contributed by atoms with Gasteiger partial charge in [-0.05, 0) is 0 Å². The van der Waals surface area contributed by atoms with E-state index >= 15 is 0 Å². The van der Waals surface area contributed by atoms with Crippen LogP contribution in [0.4, 0.5) is 0 Å². The third-order valence-corrected chi connectivity index (χ3v) is 1.71. The molecule has 1 rings (SSSR count). The monoisotopic (exact) mass is 131 g/mol. The van der Waals surface area contributed by atoms with Crippen LogP contribution in [0.5, 0.6) is 0 Å². The number of hydrogen-bond acceptors (Lipinski definition) is 3. The zero-order valence-corrected chi connectivity index (χ0v) is 5.89. The molecule has 0 aromatic heterocycles. The van der Waals surface area contributed by atoms with Gasteiger partial charge in [0.1, 0.15) is 0 Å². The Morgan fingerprint density at radius 2 is 1.56 bits per heavy atom. The highest BCUT2D eigenvalue weighted by atomic mass is 16.5. The first kappa shape index (κ1) is 6.99. The average Bonchev–Trinajstić information content (AvgIpc) is 2.33. The molecular formula is C6H13NO2. The Labute approximate surface area is 55.3 Å². The fourth-order valence-corrected chi connectivity index (χ4v) is 1.10. The van der Waals surface area contributed by atoms with Gasteiger partial charge in [0, 0.05) is 27.3 Å². The number of hydrogen-bond donors (Lipinski definition) is 1. The van der Waals surface area contributed by atoms with Gasteiger partial charge in [0.25, 0.3) is 0 Å². The fraction of sp³-hybridized carbons (Fsp3) is 1.00. The van der Waals surface area contributed by atoms with Crippen LogP contribution in [0.25, 0.3) is 0 Å². The van der Waals surface area contributed by atoms with Crippen molar-refractivity contribution in [2.45, 2.75) is 12.2 Å². The topological polar surface area (TPSA) is 30.5 Å². The molecule has 1 saturated heterocycles. The molecule has 1 N–H and O–H groups in total. The molecule has 0 amide bonds. The zero-order valence-electron chi connectivity index (χ0n) is 5.89.